The lowest BCUT2D eigenvalue weighted by atomic mass is 10.2. The van der Waals surface area contributed by atoms with Gasteiger partial charge in [0.1, 0.15) is 0 Å². The van der Waals surface area contributed by atoms with E-state index in [0.717, 1.165) is 24.6 Å². The Kier molecular flexibility index (Phi) is 7.57. The smallest absolute Gasteiger partial charge is 0.344 e. The van der Waals surface area contributed by atoms with Crippen LogP contribution in [0.3, 0.4) is 0 Å². The molecule has 10 nitrogen and oxygen atoms in total. The lowest BCUT2D eigenvalue weighted by molar-refractivity contribution is -0.113. The summed E-state index contributed by atoms with van der Waals surface area (Å²) in [6, 6.07) is 5.85. The standard InChI is InChI=1S/C19H27N5O5S2/c1-13(2)23(3)31(27,28)16-8-6-14(7-9-16)20-17(25)12-30-19-22-21-18(26)24(19)11-15-5-4-10-29-15/h6-9,13,15H,4-5,10-12H2,1-3H3,(H,20,25)(H,21,26). The van der Waals surface area contributed by atoms with E-state index in [1.165, 1.54) is 28.1 Å². The van der Waals surface area contributed by atoms with E-state index in [0.29, 0.717) is 24.0 Å². The normalized spacial score (nSPS) is 16.9. The molecule has 1 saturated heterocycles. The summed E-state index contributed by atoms with van der Waals surface area (Å²) in [4.78, 5) is 24.5. The number of carbonyl (C=O) groups is 1. The van der Waals surface area contributed by atoms with Crippen LogP contribution in [0.25, 0.3) is 0 Å². The van der Waals surface area contributed by atoms with Gasteiger partial charge in [-0.15, -0.1) is 5.10 Å². The Morgan fingerprint density at radius 3 is 2.71 bits per heavy atom. The molecule has 1 unspecified atom stereocenters. The number of anilines is 1. The molecule has 0 spiro atoms. The van der Waals surface area contributed by atoms with Crippen molar-refractivity contribution in [3.05, 3.63) is 34.7 Å². The average Bonchev–Trinajstić information content (AvgIpc) is 3.37. The van der Waals surface area contributed by atoms with E-state index in [9.17, 15) is 18.0 Å². The zero-order valence-electron chi connectivity index (χ0n) is 17.7. The molecular weight excluding hydrogens is 442 g/mol. The molecule has 12 heteroatoms. The Balaban J connectivity index is 1.58. The van der Waals surface area contributed by atoms with Crippen LogP contribution < -0.4 is 11.0 Å². The summed E-state index contributed by atoms with van der Waals surface area (Å²) >= 11 is 1.14. The maximum absolute atomic E-state index is 12.5. The summed E-state index contributed by atoms with van der Waals surface area (Å²) in [7, 11) is -2.05. The third kappa shape index (κ3) is 5.76. The molecule has 0 bridgehead atoms. The highest BCUT2D eigenvalue weighted by atomic mass is 32.2. The van der Waals surface area contributed by atoms with Gasteiger partial charge in [0.25, 0.3) is 0 Å². The van der Waals surface area contributed by atoms with Gasteiger partial charge in [-0.1, -0.05) is 11.8 Å². The molecule has 0 aliphatic carbocycles. The SMILES string of the molecule is CC(C)N(C)S(=O)(=O)c1ccc(NC(=O)CSc2n[nH]c(=O)n2CC2CCCO2)cc1. The number of nitrogens with zero attached hydrogens (tertiary/aromatic N) is 3. The number of thioether (sulfide) groups is 1. The molecule has 2 N–H and O–H groups in total. The molecule has 0 saturated carbocycles. The summed E-state index contributed by atoms with van der Waals surface area (Å²) < 4.78 is 33.4. The monoisotopic (exact) mass is 469 g/mol. The first-order valence-electron chi connectivity index (χ1n) is 9.96. The molecule has 170 valence electrons. The number of hydrogen-bond acceptors (Lipinski definition) is 7. The van der Waals surface area contributed by atoms with Crippen molar-refractivity contribution in [1.82, 2.24) is 19.1 Å². The van der Waals surface area contributed by atoms with E-state index in [-0.39, 0.29) is 34.4 Å². The lowest BCUT2D eigenvalue weighted by Gasteiger charge is -2.21. The van der Waals surface area contributed by atoms with Crippen LogP contribution in [0.1, 0.15) is 26.7 Å². The molecule has 1 fully saturated rings. The van der Waals surface area contributed by atoms with E-state index >= 15 is 0 Å². The summed E-state index contributed by atoms with van der Waals surface area (Å²) in [5, 5.41) is 9.55. The van der Waals surface area contributed by atoms with Crippen molar-refractivity contribution in [3.8, 4) is 0 Å². The number of carbonyl (C=O) groups excluding carboxylic acids is 1. The van der Waals surface area contributed by atoms with E-state index in [1.54, 1.807) is 26.0 Å². The summed E-state index contributed by atoms with van der Waals surface area (Å²) in [6.45, 7) is 4.68. The van der Waals surface area contributed by atoms with Crippen molar-refractivity contribution < 1.29 is 17.9 Å². The van der Waals surface area contributed by atoms with Crippen molar-refractivity contribution >= 4 is 33.4 Å². The highest BCUT2D eigenvalue weighted by molar-refractivity contribution is 7.99. The van der Waals surface area contributed by atoms with Gasteiger partial charge in [0.15, 0.2) is 5.16 Å². The Labute approximate surface area is 185 Å². The number of rotatable bonds is 9. The third-order valence-electron chi connectivity index (χ3n) is 5.01. The molecule has 1 atom stereocenters. The molecule has 31 heavy (non-hydrogen) atoms. The Morgan fingerprint density at radius 2 is 2.10 bits per heavy atom. The molecular formula is C19H27N5O5S2. The molecule has 2 aromatic rings. The highest BCUT2D eigenvalue weighted by Crippen LogP contribution is 2.21. The minimum absolute atomic E-state index is 0.0204. The van der Waals surface area contributed by atoms with Gasteiger partial charge < -0.3 is 10.1 Å². The second kappa shape index (κ2) is 9.98. The number of benzene rings is 1. The topological polar surface area (TPSA) is 126 Å². The first-order chi connectivity index (χ1) is 14.7. The van der Waals surface area contributed by atoms with Gasteiger partial charge in [-0.05, 0) is 51.0 Å². The minimum atomic E-state index is -3.58. The average molecular weight is 470 g/mol. The van der Waals surface area contributed by atoms with Gasteiger partial charge in [0, 0.05) is 25.4 Å². The molecule has 3 rings (SSSR count). The quantitative estimate of drug-likeness (QED) is 0.533. The fourth-order valence-corrected chi connectivity index (χ4v) is 5.17. The molecule has 2 heterocycles. The molecule has 1 amide bonds. The summed E-state index contributed by atoms with van der Waals surface area (Å²) in [5.41, 5.74) is 0.150. The first kappa shape index (κ1) is 23.5. The van der Waals surface area contributed by atoms with Crippen LogP contribution in [0.15, 0.2) is 39.1 Å². The van der Waals surface area contributed by atoms with Crippen LogP contribution in [0.5, 0.6) is 0 Å². The number of sulfonamides is 1. The van der Waals surface area contributed by atoms with Crippen LogP contribution in [-0.2, 0) is 26.1 Å². The Morgan fingerprint density at radius 1 is 1.39 bits per heavy atom. The van der Waals surface area contributed by atoms with Crippen molar-refractivity contribution in [2.45, 2.75) is 55.4 Å². The van der Waals surface area contributed by atoms with Crippen molar-refractivity contribution in [3.63, 3.8) is 0 Å². The minimum Gasteiger partial charge on any atom is -0.376 e. The predicted octanol–water partition coefficient (Wildman–Crippen LogP) is 1.51. The first-order valence-corrected chi connectivity index (χ1v) is 12.4. The molecule has 1 aliphatic heterocycles. The predicted molar refractivity (Wildman–Crippen MR) is 118 cm³/mol. The number of nitrogens with one attached hydrogen (secondary N) is 2. The maximum Gasteiger partial charge on any atom is 0.344 e. The maximum atomic E-state index is 12.5. The fourth-order valence-electron chi connectivity index (χ4n) is 3.05. The van der Waals surface area contributed by atoms with E-state index in [4.69, 9.17) is 4.74 Å². The van der Waals surface area contributed by atoms with Gasteiger partial charge in [0.05, 0.1) is 23.3 Å². The molecule has 0 radical (unpaired) electrons. The molecule has 1 aliphatic rings. The number of ether oxygens (including phenoxy) is 1. The summed E-state index contributed by atoms with van der Waals surface area (Å²) in [6.07, 6.45) is 1.84. The Bertz CT molecular complexity index is 1060. The Hall–Kier alpha value is -2.15. The van der Waals surface area contributed by atoms with Crippen LogP contribution >= 0.6 is 11.8 Å². The number of H-pyrrole nitrogens is 1. The zero-order chi connectivity index (χ0) is 22.6. The van der Waals surface area contributed by atoms with Crippen LogP contribution in [0.2, 0.25) is 0 Å². The fraction of sp³-hybridized carbons (Fsp3) is 0.526. The number of amides is 1. The highest BCUT2D eigenvalue weighted by Gasteiger charge is 2.23. The van der Waals surface area contributed by atoms with E-state index in [1.807, 2.05) is 0 Å². The number of aromatic amines is 1. The molecule has 1 aromatic carbocycles. The van der Waals surface area contributed by atoms with E-state index in [2.05, 4.69) is 15.5 Å². The largest absolute Gasteiger partial charge is 0.376 e. The number of aromatic nitrogens is 3. The van der Waals surface area contributed by atoms with Crippen LogP contribution in [-0.4, -0.2) is 64.9 Å². The van der Waals surface area contributed by atoms with Crippen molar-refractivity contribution in [2.75, 3.05) is 24.7 Å². The number of hydrogen-bond donors (Lipinski definition) is 2. The van der Waals surface area contributed by atoms with Gasteiger partial charge in [-0.2, -0.15) is 4.31 Å². The lowest BCUT2D eigenvalue weighted by Crippen LogP contribution is -2.33. The van der Waals surface area contributed by atoms with E-state index < -0.39 is 10.0 Å². The summed E-state index contributed by atoms with van der Waals surface area (Å²) in [5.74, 6) is -0.245. The zero-order valence-corrected chi connectivity index (χ0v) is 19.3. The second-order valence-corrected chi connectivity index (χ2v) is 10.5. The van der Waals surface area contributed by atoms with Gasteiger partial charge in [0.2, 0.25) is 15.9 Å². The van der Waals surface area contributed by atoms with Gasteiger partial charge in [-0.3, -0.25) is 9.36 Å². The van der Waals surface area contributed by atoms with Crippen LogP contribution in [0.4, 0.5) is 5.69 Å². The second-order valence-electron chi connectivity index (χ2n) is 7.53. The molecule has 1 aromatic heterocycles. The third-order valence-corrected chi connectivity index (χ3v) is 8.03. The van der Waals surface area contributed by atoms with Crippen molar-refractivity contribution in [2.24, 2.45) is 0 Å². The van der Waals surface area contributed by atoms with Gasteiger partial charge >= 0.3 is 5.69 Å². The van der Waals surface area contributed by atoms with Crippen LogP contribution in [0, 0.1) is 0 Å². The van der Waals surface area contributed by atoms with Crippen molar-refractivity contribution in [1.29, 1.82) is 0 Å². The van der Waals surface area contributed by atoms with Gasteiger partial charge in [-0.25, -0.2) is 18.3 Å².